The van der Waals surface area contributed by atoms with Gasteiger partial charge in [-0.3, -0.25) is 4.79 Å². The van der Waals surface area contributed by atoms with Crippen LogP contribution in [0.15, 0.2) is 15.9 Å². The molecular formula is C11H14BrNO2S. The van der Waals surface area contributed by atoms with E-state index in [0.29, 0.717) is 13.2 Å². The maximum absolute atomic E-state index is 11.8. The lowest BCUT2D eigenvalue weighted by Crippen LogP contribution is -2.33. The summed E-state index contributed by atoms with van der Waals surface area (Å²) in [6.45, 7) is 3.26. The molecule has 1 aromatic rings. The number of hydrogen-bond acceptors (Lipinski definition) is 3. The van der Waals surface area contributed by atoms with Gasteiger partial charge in [0.1, 0.15) is 0 Å². The third kappa shape index (κ3) is 2.84. The van der Waals surface area contributed by atoms with Gasteiger partial charge in [-0.05, 0) is 35.3 Å². The smallest absolute Gasteiger partial charge is 0.226 e. The highest BCUT2D eigenvalue weighted by molar-refractivity contribution is 9.10. The second-order valence-electron chi connectivity index (χ2n) is 3.92. The van der Waals surface area contributed by atoms with Crippen LogP contribution in [0.25, 0.3) is 0 Å². The molecule has 1 aromatic heterocycles. The Kier molecular flexibility index (Phi) is 4.00. The molecule has 1 N–H and O–H groups in total. The highest BCUT2D eigenvalue weighted by Gasteiger charge is 2.30. The highest BCUT2D eigenvalue weighted by Crippen LogP contribution is 2.22. The number of hydrogen-bond donors (Lipinski definition) is 1. The Morgan fingerprint density at radius 1 is 1.75 bits per heavy atom. The van der Waals surface area contributed by atoms with Crippen molar-refractivity contribution in [3.63, 3.8) is 0 Å². The minimum absolute atomic E-state index is 0.0170. The molecule has 0 saturated carbocycles. The first-order chi connectivity index (χ1) is 7.66. The molecule has 1 aliphatic rings. The summed E-state index contributed by atoms with van der Waals surface area (Å²) in [5.74, 6) is 0.123. The summed E-state index contributed by atoms with van der Waals surface area (Å²) in [4.78, 5) is 13.0. The molecule has 0 bridgehead atoms. The van der Waals surface area contributed by atoms with Crippen molar-refractivity contribution in [2.45, 2.75) is 26.0 Å². The summed E-state index contributed by atoms with van der Waals surface area (Å²) in [6, 6.07) is 2.03. The first-order valence-corrected chi connectivity index (χ1v) is 6.96. The van der Waals surface area contributed by atoms with Crippen LogP contribution in [-0.2, 0) is 16.1 Å². The topological polar surface area (TPSA) is 38.3 Å². The standard InChI is InChI=1S/C11H14BrNO2S/c1-7-10(2-3-15-7)11(14)13-5-9-4-8(12)6-16-9/h4,6-7,10H,2-3,5H2,1H3,(H,13,14). The van der Waals surface area contributed by atoms with Crippen molar-refractivity contribution >= 4 is 33.2 Å². The Balaban J connectivity index is 1.83. The molecule has 1 fully saturated rings. The fourth-order valence-corrected chi connectivity index (χ4v) is 3.22. The van der Waals surface area contributed by atoms with Crippen LogP contribution in [-0.4, -0.2) is 18.6 Å². The van der Waals surface area contributed by atoms with Crippen LogP contribution in [0.1, 0.15) is 18.2 Å². The Morgan fingerprint density at radius 2 is 2.56 bits per heavy atom. The molecule has 3 nitrogen and oxygen atoms in total. The van der Waals surface area contributed by atoms with Crippen molar-refractivity contribution in [2.75, 3.05) is 6.61 Å². The van der Waals surface area contributed by atoms with Gasteiger partial charge in [-0.1, -0.05) is 0 Å². The van der Waals surface area contributed by atoms with Gasteiger partial charge in [-0.2, -0.15) is 0 Å². The van der Waals surface area contributed by atoms with Crippen LogP contribution in [0, 0.1) is 5.92 Å². The van der Waals surface area contributed by atoms with Crippen molar-refractivity contribution in [3.05, 3.63) is 20.8 Å². The third-order valence-corrected chi connectivity index (χ3v) is 4.47. The summed E-state index contributed by atoms with van der Waals surface area (Å²) in [5, 5.41) is 4.97. The molecule has 5 heteroatoms. The van der Waals surface area contributed by atoms with E-state index in [1.54, 1.807) is 11.3 Å². The van der Waals surface area contributed by atoms with Crippen LogP contribution >= 0.6 is 27.3 Å². The van der Waals surface area contributed by atoms with Gasteiger partial charge >= 0.3 is 0 Å². The van der Waals surface area contributed by atoms with Crippen molar-refractivity contribution in [3.8, 4) is 0 Å². The van der Waals surface area contributed by atoms with E-state index in [4.69, 9.17) is 4.74 Å². The predicted molar refractivity (Wildman–Crippen MR) is 67.4 cm³/mol. The van der Waals surface area contributed by atoms with Gasteiger partial charge in [0.2, 0.25) is 5.91 Å². The molecule has 0 aliphatic carbocycles. The van der Waals surface area contributed by atoms with Crippen molar-refractivity contribution in [2.24, 2.45) is 5.92 Å². The quantitative estimate of drug-likeness (QED) is 0.932. The Labute approximate surface area is 107 Å². The SMILES string of the molecule is CC1OCCC1C(=O)NCc1cc(Br)cs1. The van der Waals surface area contributed by atoms with Gasteiger partial charge in [-0.15, -0.1) is 11.3 Å². The number of thiophene rings is 1. The lowest BCUT2D eigenvalue weighted by atomic mass is 10.0. The minimum atomic E-state index is 0.0170. The monoisotopic (exact) mass is 303 g/mol. The molecule has 16 heavy (non-hydrogen) atoms. The molecule has 2 atom stereocenters. The maximum Gasteiger partial charge on any atom is 0.226 e. The number of halogens is 1. The van der Waals surface area contributed by atoms with Gasteiger partial charge in [0.05, 0.1) is 18.6 Å². The molecule has 0 radical (unpaired) electrons. The highest BCUT2D eigenvalue weighted by atomic mass is 79.9. The van der Waals surface area contributed by atoms with Gasteiger partial charge in [-0.25, -0.2) is 0 Å². The average Bonchev–Trinajstić information content (AvgIpc) is 2.84. The molecule has 0 spiro atoms. The van der Waals surface area contributed by atoms with Gasteiger partial charge in [0, 0.05) is 21.3 Å². The lowest BCUT2D eigenvalue weighted by Gasteiger charge is -2.13. The summed E-state index contributed by atoms with van der Waals surface area (Å²) >= 11 is 5.03. The summed E-state index contributed by atoms with van der Waals surface area (Å²) < 4.78 is 6.45. The number of rotatable bonds is 3. The van der Waals surface area contributed by atoms with Crippen LogP contribution in [0.3, 0.4) is 0 Å². The number of ether oxygens (including phenoxy) is 1. The molecule has 2 heterocycles. The average molecular weight is 304 g/mol. The Hall–Kier alpha value is -0.390. The normalized spacial score (nSPS) is 24.6. The fraction of sp³-hybridized carbons (Fsp3) is 0.545. The molecular weight excluding hydrogens is 290 g/mol. The van der Waals surface area contributed by atoms with E-state index >= 15 is 0 Å². The van der Waals surface area contributed by atoms with E-state index in [9.17, 15) is 4.79 Å². The summed E-state index contributed by atoms with van der Waals surface area (Å²) in [6.07, 6.45) is 0.885. The van der Waals surface area contributed by atoms with Gasteiger partial charge in [0.25, 0.3) is 0 Å². The largest absolute Gasteiger partial charge is 0.378 e. The second kappa shape index (κ2) is 5.29. The van der Waals surface area contributed by atoms with E-state index in [1.807, 2.05) is 18.4 Å². The van der Waals surface area contributed by atoms with Crippen LogP contribution in [0.4, 0.5) is 0 Å². The fourth-order valence-electron chi connectivity index (χ4n) is 1.83. The third-order valence-electron chi connectivity index (χ3n) is 2.77. The first kappa shape index (κ1) is 12.1. The van der Waals surface area contributed by atoms with E-state index in [1.165, 1.54) is 0 Å². The molecule has 1 saturated heterocycles. The molecule has 1 aliphatic heterocycles. The van der Waals surface area contributed by atoms with Crippen LogP contribution < -0.4 is 5.32 Å². The maximum atomic E-state index is 11.8. The summed E-state index contributed by atoms with van der Waals surface area (Å²) in [7, 11) is 0. The number of nitrogens with one attached hydrogen (secondary N) is 1. The Bertz CT molecular complexity index is 380. The zero-order chi connectivity index (χ0) is 11.5. The molecule has 2 unspecified atom stereocenters. The molecule has 0 aromatic carbocycles. The first-order valence-electron chi connectivity index (χ1n) is 5.29. The van der Waals surface area contributed by atoms with Gasteiger partial charge < -0.3 is 10.1 Å². The van der Waals surface area contributed by atoms with E-state index in [0.717, 1.165) is 15.8 Å². The minimum Gasteiger partial charge on any atom is -0.378 e. The summed E-state index contributed by atoms with van der Waals surface area (Å²) in [5.41, 5.74) is 0. The zero-order valence-corrected chi connectivity index (χ0v) is 11.4. The molecule has 88 valence electrons. The second-order valence-corrected chi connectivity index (χ2v) is 5.83. The molecule has 2 rings (SSSR count). The van der Waals surface area contributed by atoms with Crippen LogP contribution in [0.2, 0.25) is 0 Å². The Morgan fingerprint density at radius 3 is 3.12 bits per heavy atom. The number of carbonyl (C=O) groups is 1. The number of carbonyl (C=O) groups excluding carboxylic acids is 1. The van der Waals surface area contributed by atoms with E-state index < -0.39 is 0 Å². The predicted octanol–water partition coefficient (Wildman–Crippen LogP) is 2.55. The van der Waals surface area contributed by atoms with E-state index in [-0.39, 0.29) is 17.9 Å². The van der Waals surface area contributed by atoms with Crippen molar-refractivity contribution in [1.82, 2.24) is 5.32 Å². The van der Waals surface area contributed by atoms with Crippen LogP contribution in [0.5, 0.6) is 0 Å². The lowest BCUT2D eigenvalue weighted by molar-refractivity contribution is -0.126. The van der Waals surface area contributed by atoms with Gasteiger partial charge in [0.15, 0.2) is 0 Å². The number of amides is 1. The zero-order valence-electron chi connectivity index (χ0n) is 9.03. The molecule has 1 amide bonds. The van der Waals surface area contributed by atoms with Crippen molar-refractivity contribution < 1.29 is 9.53 Å². The van der Waals surface area contributed by atoms with E-state index in [2.05, 4.69) is 21.2 Å². The van der Waals surface area contributed by atoms with Crippen molar-refractivity contribution in [1.29, 1.82) is 0 Å².